The van der Waals surface area contributed by atoms with Crippen molar-refractivity contribution in [3.05, 3.63) is 95.0 Å². The lowest BCUT2D eigenvalue weighted by molar-refractivity contribution is -0.131. The van der Waals surface area contributed by atoms with Gasteiger partial charge < -0.3 is 9.64 Å². The highest BCUT2D eigenvalue weighted by Gasteiger charge is 2.44. The Bertz CT molecular complexity index is 1190. The van der Waals surface area contributed by atoms with Gasteiger partial charge in [-0.1, -0.05) is 66.2 Å². The highest BCUT2D eigenvalue weighted by molar-refractivity contribution is 8.01. The molecule has 2 aliphatic heterocycles. The summed E-state index contributed by atoms with van der Waals surface area (Å²) in [6, 6.07) is 24.7. The largest absolute Gasteiger partial charge is 0.378 e. The highest BCUT2D eigenvalue weighted by Crippen LogP contribution is 2.37. The number of thioether (sulfide) groups is 1. The van der Waals surface area contributed by atoms with Gasteiger partial charge in [0.15, 0.2) is 5.25 Å². The number of hydrazine groups is 1. The van der Waals surface area contributed by atoms with E-state index in [1.807, 2.05) is 60.7 Å². The molecular weight excluding hydrogens is 470 g/mol. The van der Waals surface area contributed by atoms with E-state index in [1.54, 1.807) is 6.07 Å². The predicted octanol–water partition coefficient (Wildman–Crippen LogP) is 4.30. The van der Waals surface area contributed by atoms with Crippen LogP contribution >= 0.6 is 23.4 Å². The Morgan fingerprint density at radius 1 is 0.912 bits per heavy atom. The Balaban J connectivity index is 1.48. The number of morpholine rings is 1. The zero-order chi connectivity index (χ0) is 23.5. The lowest BCUT2D eigenvalue weighted by atomic mass is 9.97. The number of carbonyl (C=O) groups excluding carboxylic acids is 2. The number of carbonyl (C=O) groups is 2. The van der Waals surface area contributed by atoms with E-state index in [4.69, 9.17) is 16.3 Å². The monoisotopic (exact) mass is 493 g/mol. The molecule has 8 heteroatoms. The number of anilines is 1. The molecule has 2 fully saturated rings. The molecule has 5 rings (SSSR count). The van der Waals surface area contributed by atoms with Gasteiger partial charge in [0.25, 0.3) is 11.8 Å². The summed E-state index contributed by atoms with van der Waals surface area (Å²) < 4.78 is 5.49. The number of halogens is 1. The molecule has 2 atom stereocenters. The quantitative estimate of drug-likeness (QED) is 0.519. The molecule has 0 spiro atoms. The van der Waals surface area contributed by atoms with Gasteiger partial charge in [-0.3, -0.25) is 15.0 Å². The van der Waals surface area contributed by atoms with Gasteiger partial charge >= 0.3 is 0 Å². The van der Waals surface area contributed by atoms with Crippen LogP contribution in [0.3, 0.4) is 0 Å². The summed E-state index contributed by atoms with van der Waals surface area (Å²) in [5.74, 6) is -0.638. The molecule has 6 nitrogen and oxygen atoms in total. The number of nitrogens with zero attached hydrogens (tertiary/aromatic N) is 2. The molecule has 34 heavy (non-hydrogen) atoms. The fourth-order valence-corrected chi connectivity index (χ4v) is 5.51. The number of hydrogen-bond acceptors (Lipinski definition) is 5. The molecule has 2 amide bonds. The maximum Gasteiger partial charge on any atom is 0.265 e. The predicted molar refractivity (Wildman–Crippen MR) is 134 cm³/mol. The fourth-order valence-electron chi connectivity index (χ4n) is 4.27. The van der Waals surface area contributed by atoms with Gasteiger partial charge in [0.2, 0.25) is 0 Å². The van der Waals surface area contributed by atoms with Crippen molar-refractivity contribution < 1.29 is 14.3 Å². The van der Waals surface area contributed by atoms with Crippen LogP contribution in [0.1, 0.15) is 17.2 Å². The molecule has 0 saturated carbocycles. The van der Waals surface area contributed by atoms with Crippen molar-refractivity contribution in [1.29, 1.82) is 0 Å². The third-order valence-electron chi connectivity index (χ3n) is 5.95. The van der Waals surface area contributed by atoms with Crippen LogP contribution in [0, 0.1) is 0 Å². The van der Waals surface area contributed by atoms with E-state index in [-0.39, 0.29) is 11.8 Å². The van der Waals surface area contributed by atoms with Gasteiger partial charge in [0, 0.05) is 23.7 Å². The second-order valence-corrected chi connectivity index (χ2v) is 9.67. The number of nitrogens with one attached hydrogen (secondary N) is 1. The minimum absolute atomic E-state index is 0.291. The molecule has 3 aromatic rings. The van der Waals surface area contributed by atoms with Crippen molar-refractivity contribution >= 4 is 40.9 Å². The standard InChI is InChI=1S/C26H24ClN3O3S/c27-21-11-4-5-12-22(21)34-24-25(31)28-30(26(24)32)23(18-7-2-1-3-8-18)19-9-6-10-20(17-19)29-13-15-33-16-14-29/h1-12,17,23-24H,13-16H2,(H,28,31). The zero-order valence-corrected chi connectivity index (χ0v) is 20.0. The molecule has 1 N–H and O–H groups in total. The van der Waals surface area contributed by atoms with Crippen molar-refractivity contribution in [1.82, 2.24) is 10.4 Å². The summed E-state index contributed by atoms with van der Waals surface area (Å²) in [4.78, 5) is 29.5. The normalized spacial score (nSPS) is 19.3. The molecule has 0 radical (unpaired) electrons. The first-order valence-corrected chi connectivity index (χ1v) is 12.4. The summed E-state index contributed by atoms with van der Waals surface area (Å²) >= 11 is 7.46. The van der Waals surface area contributed by atoms with Crippen molar-refractivity contribution in [2.45, 2.75) is 16.2 Å². The van der Waals surface area contributed by atoms with Gasteiger partial charge in [-0.05, 0) is 35.4 Å². The molecule has 174 valence electrons. The minimum Gasteiger partial charge on any atom is -0.378 e. The molecule has 2 unspecified atom stereocenters. The van der Waals surface area contributed by atoms with Gasteiger partial charge in [0.1, 0.15) is 6.04 Å². The Morgan fingerprint density at radius 3 is 2.38 bits per heavy atom. The van der Waals surface area contributed by atoms with Gasteiger partial charge in [0.05, 0.1) is 18.2 Å². The van der Waals surface area contributed by atoms with Crippen LogP contribution in [0.25, 0.3) is 0 Å². The fraction of sp³-hybridized carbons (Fsp3) is 0.231. The maximum atomic E-state index is 13.6. The first kappa shape index (κ1) is 22.8. The zero-order valence-electron chi connectivity index (χ0n) is 18.4. The molecule has 0 aromatic heterocycles. The van der Waals surface area contributed by atoms with E-state index >= 15 is 0 Å². The number of ether oxygens (including phenoxy) is 1. The second kappa shape index (κ2) is 10.1. The van der Waals surface area contributed by atoms with Crippen LogP contribution in [0.2, 0.25) is 5.02 Å². The molecule has 2 heterocycles. The SMILES string of the molecule is O=C1NN(C(c2ccccc2)c2cccc(N3CCOCC3)c2)C(=O)C1Sc1ccccc1Cl. The second-order valence-electron chi connectivity index (χ2n) is 8.12. The Morgan fingerprint density at radius 2 is 1.62 bits per heavy atom. The summed E-state index contributed by atoms with van der Waals surface area (Å²) in [5, 5.41) is 1.07. The molecule has 2 saturated heterocycles. The molecular formula is C26H24ClN3O3S. The van der Waals surface area contributed by atoms with E-state index < -0.39 is 11.3 Å². The third-order valence-corrected chi connectivity index (χ3v) is 7.65. The van der Waals surface area contributed by atoms with E-state index in [9.17, 15) is 9.59 Å². The molecule has 0 bridgehead atoms. The van der Waals surface area contributed by atoms with Crippen LogP contribution in [0.15, 0.2) is 83.8 Å². The van der Waals surface area contributed by atoms with Crippen LogP contribution < -0.4 is 10.3 Å². The Hall–Kier alpha value is -3.00. The van der Waals surface area contributed by atoms with Crippen molar-refractivity contribution in [2.24, 2.45) is 0 Å². The summed E-state index contributed by atoms with van der Waals surface area (Å²) in [6.45, 7) is 3.01. The highest BCUT2D eigenvalue weighted by atomic mass is 35.5. The van der Waals surface area contributed by atoms with Crippen molar-refractivity contribution in [2.75, 3.05) is 31.2 Å². The molecule has 2 aliphatic rings. The summed E-state index contributed by atoms with van der Waals surface area (Å²) in [6.07, 6.45) is 0. The average molecular weight is 494 g/mol. The Kier molecular flexibility index (Phi) is 6.76. The van der Waals surface area contributed by atoms with Crippen LogP contribution in [0.5, 0.6) is 0 Å². The number of benzene rings is 3. The number of amides is 2. The van der Waals surface area contributed by atoms with Crippen LogP contribution in [-0.4, -0.2) is 48.4 Å². The van der Waals surface area contributed by atoms with E-state index in [1.165, 1.54) is 16.8 Å². The summed E-state index contributed by atoms with van der Waals surface area (Å²) in [7, 11) is 0. The first-order chi connectivity index (χ1) is 16.6. The van der Waals surface area contributed by atoms with Crippen molar-refractivity contribution in [3.8, 4) is 0 Å². The van der Waals surface area contributed by atoms with Gasteiger partial charge in [-0.15, -0.1) is 11.8 Å². The van der Waals surface area contributed by atoms with Gasteiger partial charge in [-0.25, -0.2) is 5.01 Å². The third kappa shape index (κ3) is 4.64. The number of rotatable bonds is 6. The van der Waals surface area contributed by atoms with Crippen LogP contribution in [-0.2, 0) is 14.3 Å². The summed E-state index contributed by atoms with van der Waals surface area (Å²) in [5.41, 5.74) is 5.75. The maximum absolute atomic E-state index is 13.6. The molecule has 3 aromatic carbocycles. The average Bonchev–Trinajstić information content (AvgIpc) is 3.15. The minimum atomic E-state index is -0.909. The smallest absolute Gasteiger partial charge is 0.265 e. The van der Waals surface area contributed by atoms with Crippen molar-refractivity contribution in [3.63, 3.8) is 0 Å². The topological polar surface area (TPSA) is 61.9 Å². The number of hydrogen-bond donors (Lipinski definition) is 1. The lowest BCUT2D eigenvalue weighted by Crippen LogP contribution is -2.40. The van der Waals surface area contributed by atoms with Crippen LogP contribution in [0.4, 0.5) is 5.69 Å². The molecule has 0 aliphatic carbocycles. The lowest BCUT2D eigenvalue weighted by Gasteiger charge is -2.31. The van der Waals surface area contributed by atoms with E-state index in [0.717, 1.165) is 29.9 Å². The van der Waals surface area contributed by atoms with Gasteiger partial charge in [-0.2, -0.15) is 0 Å². The first-order valence-electron chi connectivity index (χ1n) is 11.1. The Labute approximate surface area is 207 Å². The van der Waals surface area contributed by atoms with E-state index in [0.29, 0.717) is 23.1 Å². The van der Waals surface area contributed by atoms with E-state index in [2.05, 4.69) is 22.5 Å².